The minimum Gasteiger partial charge on any atom is -0.335 e. The molecule has 0 unspecified atom stereocenters. The van der Waals surface area contributed by atoms with E-state index in [4.69, 9.17) is 0 Å². The zero-order valence-electron chi connectivity index (χ0n) is 10.8. The van der Waals surface area contributed by atoms with Crippen molar-refractivity contribution in [1.29, 1.82) is 0 Å². The highest BCUT2D eigenvalue weighted by molar-refractivity contribution is 7.91. The van der Waals surface area contributed by atoms with E-state index in [1.807, 2.05) is 31.2 Å². The average molecular weight is 282 g/mol. The number of carbonyl (C=O) groups excluding carboxylic acids is 1. The van der Waals surface area contributed by atoms with Gasteiger partial charge in [-0.3, -0.25) is 0 Å². The third-order valence-electron chi connectivity index (χ3n) is 3.20. The molecule has 1 saturated heterocycles. The number of amides is 2. The second-order valence-corrected chi connectivity index (χ2v) is 7.19. The van der Waals surface area contributed by atoms with Gasteiger partial charge in [0.15, 0.2) is 0 Å². The van der Waals surface area contributed by atoms with Crippen LogP contribution in [0.4, 0.5) is 10.5 Å². The fraction of sp³-hybridized carbons (Fsp3) is 0.462. The topological polar surface area (TPSA) is 75.3 Å². The van der Waals surface area contributed by atoms with Crippen molar-refractivity contribution in [3.05, 3.63) is 29.8 Å². The average Bonchev–Trinajstić information content (AvgIpc) is 2.35. The number of sulfone groups is 1. The molecule has 5 nitrogen and oxygen atoms in total. The Kier molecular flexibility index (Phi) is 4.09. The third-order valence-corrected chi connectivity index (χ3v) is 4.91. The normalized spacial score (nSPS) is 18.8. The number of nitrogens with one attached hydrogen (secondary N) is 2. The molecule has 1 aromatic carbocycles. The van der Waals surface area contributed by atoms with Gasteiger partial charge in [-0.15, -0.1) is 0 Å². The van der Waals surface area contributed by atoms with E-state index in [-0.39, 0.29) is 23.6 Å². The maximum absolute atomic E-state index is 11.8. The molecule has 2 N–H and O–H groups in total. The Hall–Kier alpha value is -1.56. The highest BCUT2D eigenvalue weighted by Gasteiger charge is 2.24. The minimum absolute atomic E-state index is 0.0611. The molecule has 19 heavy (non-hydrogen) atoms. The molecule has 0 spiro atoms. The molecule has 0 saturated carbocycles. The van der Waals surface area contributed by atoms with Gasteiger partial charge in [-0.1, -0.05) is 17.7 Å². The molecule has 0 atom stereocenters. The summed E-state index contributed by atoms with van der Waals surface area (Å²) in [6.07, 6.45) is 0.979. The lowest BCUT2D eigenvalue weighted by atomic mass is 10.1. The van der Waals surface area contributed by atoms with E-state index < -0.39 is 9.84 Å². The second-order valence-electron chi connectivity index (χ2n) is 4.89. The Morgan fingerprint density at radius 3 is 2.32 bits per heavy atom. The van der Waals surface area contributed by atoms with Gasteiger partial charge in [0, 0.05) is 11.7 Å². The lowest BCUT2D eigenvalue weighted by Gasteiger charge is -2.23. The van der Waals surface area contributed by atoms with Crippen molar-refractivity contribution < 1.29 is 13.2 Å². The van der Waals surface area contributed by atoms with Crippen LogP contribution in [0.3, 0.4) is 0 Å². The van der Waals surface area contributed by atoms with Crippen molar-refractivity contribution in [2.75, 3.05) is 16.8 Å². The van der Waals surface area contributed by atoms with Gasteiger partial charge in [-0.2, -0.15) is 0 Å². The molecule has 1 aliphatic heterocycles. The van der Waals surface area contributed by atoms with Gasteiger partial charge in [0.05, 0.1) is 11.5 Å². The SMILES string of the molecule is Cc1ccc(NC(=O)NC2CCS(=O)(=O)CC2)cc1. The molecule has 1 heterocycles. The highest BCUT2D eigenvalue weighted by atomic mass is 32.2. The predicted molar refractivity (Wildman–Crippen MR) is 75.0 cm³/mol. The van der Waals surface area contributed by atoms with Crippen LogP contribution in [0.2, 0.25) is 0 Å². The third kappa shape index (κ3) is 4.24. The van der Waals surface area contributed by atoms with Crippen molar-refractivity contribution in [3.8, 4) is 0 Å². The van der Waals surface area contributed by atoms with E-state index in [0.717, 1.165) is 11.3 Å². The molecule has 1 aromatic rings. The summed E-state index contributed by atoms with van der Waals surface area (Å²) in [6.45, 7) is 1.98. The molecular formula is C13H18N2O3S. The smallest absolute Gasteiger partial charge is 0.319 e. The van der Waals surface area contributed by atoms with Gasteiger partial charge >= 0.3 is 6.03 Å². The summed E-state index contributed by atoms with van der Waals surface area (Å²) in [5.74, 6) is 0.310. The van der Waals surface area contributed by atoms with Crippen molar-refractivity contribution in [3.63, 3.8) is 0 Å². The minimum atomic E-state index is -2.89. The molecule has 2 rings (SSSR count). The van der Waals surface area contributed by atoms with Crippen LogP contribution in [-0.2, 0) is 9.84 Å². The number of anilines is 1. The van der Waals surface area contributed by atoms with Gasteiger partial charge in [0.2, 0.25) is 0 Å². The zero-order chi connectivity index (χ0) is 13.9. The van der Waals surface area contributed by atoms with E-state index in [0.29, 0.717) is 12.8 Å². The summed E-state index contributed by atoms with van der Waals surface area (Å²) in [7, 11) is -2.89. The van der Waals surface area contributed by atoms with Gasteiger partial charge in [-0.05, 0) is 31.9 Å². The summed E-state index contributed by atoms with van der Waals surface area (Å²) < 4.78 is 22.6. The summed E-state index contributed by atoms with van der Waals surface area (Å²) in [4.78, 5) is 11.8. The Morgan fingerprint density at radius 2 is 1.74 bits per heavy atom. The maximum atomic E-state index is 11.8. The van der Waals surface area contributed by atoms with Crippen LogP contribution in [0, 0.1) is 6.92 Å². The summed E-state index contributed by atoms with van der Waals surface area (Å²) in [6, 6.07) is 7.16. The first-order chi connectivity index (χ1) is 8.94. The Bertz CT molecular complexity index is 538. The van der Waals surface area contributed by atoms with Gasteiger partial charge in [-0.25, -0.2) is 13.2 Å². The second kappa shape index (κ2) is 5.61. The van der Waals surface area contributed by atoms with E-state index >= 15 is 0 Å². The standard InChI is InChI=1S/C13H18N2O3S/c1-10-2-4-11(5-3-10)14-13(16)15-12-6-8-19(17,18)9-7-12/h2-5,12H,6-9H2,1H3,(H2,14,15,16). The Balaban J connectivity index is 1.83. The van der Waals surface area contributed by atoms with Crippen molar-refractivity contribution >= 4 is 21.6 Å². The van der Waals surface area contributed by atoms with Crippen LogP contribution >= 0.6 is 0 Å². The number of benzene rings is 1. The molecule has 104 valence electrons. The molecule has 0 aliphatic carbocycles. The maximum Gasteiger partial charge on any atom is 0.319 e. The van der Waals surface area contributed by atoms with E-state index in [1.165, 1.54) is 0 Å². The van der Waals surface area contributed by atoms with Crippen LogP contribution in [0.5, 0.6) is 0 Å². The van der Waals surface area contributed by atoms with Crippen molar-refractivity contribution in [1.82, 2.24) is 5.32 Å². The molecule has 0 aromatic heterocycles. The van der Waals surface area contributed by atoms with E-state index in [2.05, 4.69) is 10.6 Å². The quantitative estimate of drug-likeness (QED) is 0.867. The van der Waals surface area contributed by atoms with Crippen LogP contribution in [0.25, 0.3) is 0 Å². The van der Waals surface area contributed by atoms with Crippen molar-refractivity contribution in [2.24, 2.45) is 0 Å². The largest absolute Gasteiger partial charge is 0.335 e. The Labute approximate surface area is 113 Å². The molecule has 1 fully saturated rings. The molecule has 6 heteroatoms. The number of hydrogen-bond acceptors (Lipinski definition) is 3. The lowest BCUT2D eigenvalue weighted by molar-refractivity contribution is 0.247. The monoisotopic (exact) mass is 282 g/mol. The number of carbonyl (C=O) groups is 1. The van der Waals surface area contributed by atoms with Crippen LogP contribution < -0.4 is 10.6 Å². The van der Waals surface area contributed by atoms with Crippen LogP contribution in [-0.4, -0.2) is 32.0 Å². The van der Waals surface area contributed by atoms with Crippen molar-refractivity contribution in [2.45, 2.75) is 25.8 Å². The zero-order valence-corrected chi connectivity index (χ0v) is 11.7. The fourth-order valence-corrected chi connectivity index (χ4v) is 3.52. The number of urea groups is 1. The number of rotatable bonds is 2. The van der Waals surface area contributed by atoms with Crippen LogP contribution in [0.15, 0.2) is 24.3 Å². The number of aryl methyl sites for hydroxylation is 1. The number of hydrogen-bond donors (Lipinski definition) is 2. The highest BCUT2D eigenvalue weighted by Crippen LogP contribution is 2.13. The fourth-order valence-electron chi connectivity index (χ4n) is 2.02. The summed E-state index contributed by atoms with van der Waals surface area (Å²) >= 11 is 0. The van der Waals surface area contributed by atoms with Crippen LogP contribution in [0.1, 0.15) is 18.4 Å². The molecule has 0 radical (unpaired) electrons. The summed E-state index contributed by atoms with van der Waals surface area (Å²) in [5, 5.41) is 5.54. The van der Waals surface area contributed by atoms with E-state index in [9.17, 15) is 13.2 Å². The first-order valence-electron chi connectivity index (χ1n) is 6.29. The molecule has 0 bridgehead atoms. The molecule has 2 amide bonds. The first kappa shape index (κ1) is 13.9. The summed E-state index contributed by atoms with van der Waals surface area (Å²) in [5.41, 5.74) is 1.86. The molecule has 1 aliphatic rings. The molecular weight excluding hydrogens is 264 g/mol. The Morgan fingerprint density at radius 1 is 1.16 bits per heavy atom. The lowest BCUT2D eigenvalue weighted by Crippen LogP contribution is -2.42. The van der Waals surface area contributed by atoms with E-state index in [1.54, 1.807) is 0 Å². The predicted octanol–water partition coefficient (Wildman–Crippen LogP) is 1.69. The van der Waals surface area contributed by atoms with Gasteiger partial charge < -0.3 is 10.6 Å². The van der Waals surface area contributed by atoms with Gasteiger partial charge in [0.1, 0.15) is 9.84 Å². The first-order valence-corrected chi connectivity index (χ1v) is 8.11. The van der Waals surface area contributed by atoms with Gasteiger partial charge in [0.25, 0.3) is 0 Å².